The average Bonchev–Trinajstić information content (AvgIpc) is 3.31. The minimum atomic E-state index is -0.244. The van der Waals surface area contributed by atoms with Crippen LogP contribution in [0.3, 0.4) is 0 Å². The van der Waals surface area contributed by atoms with Crippen LogP contribution in [0.2, 0.25) is 5.02 Å². The zero-order valence-corrected chi connectivity index (χ0v) is 22.7. The third-order valence-corrected chi connectivity index (χ3v) is 9.17. The first-order valence-electron chi connectivity index (χ1n) is 12.7. The maximum absolute atomic E-state index is 13.4. The molecule has 0 unspecified atom stereocenters. The molecule has 0 aliphatic carbocycles. The van der Waals surface area contributed by atoms with Crippen molar-refractivity contribution in [1.29, 1.82) is 5.26 Å². The molecule has 4 heterocycles. The quantitative estimate of drug-likeness (QED) is 0.388. The van der Waals surface area contributed by atoms with Crippen LogP contribution >= 0.6 is 23.4 Å². The lowest BCUT2D eigenvalue weighted by molar-refractivity contribution is 0.131. The molecule has 6 rings (SSSR count). The third-order valence-electron chi connectivity index (χ3n) is 7.69. The highest BCUT2D eigenvalue weighted by atomic mass is 35.5. The van der Waals surface area contributed by atoms with Crippen LogP contribution in [-0.4, -0.2) is 51.9 Å². The number of hydrogen-bond acceptors (Lipinski definition) is 9. The fourth-order valence-electron chi connectivity index (χ4n) is 5.32. The number of hydrogen-bond donors (Lipinski definition) is 1. The molecular weight excluding hydrogens is 534 g/mol. The number of benzene rings is 2. The van der Waals surface area contributed by atoms with E-state index in [0.717, 1.165) is 43.9 Å². The van der Waals surface area contributed by atoms with E-state index in [4.69, 9.17) is 22.1 Å². The summed E-state index contributed by atoms with van der Waals surface area (Å²) in [5.74, 6) is 0.832. The van der Waals surface area contributed by atoms with Crippen molar-refractivity contribution in [3.8, 4) is 6.07 Å². The van der Waals surface area contributed by atoms with Crippen LogP contribution in [0.4, 0.5) is 5.82 Å². The number of aromatic nitrogens is 4. The summed E-state index contributed by atoms with van der Waals surface area (Å²) in [6, 6.07) is 13.0. The zero-order chi connectivity index (χ0) is 27.0. The highest BCUT2D eigenvalue weighted by Crippen LogP contribution is 2.40. The minimum Gasteiger partial charge on any atom is -0.379 e. The van der Waals surface area contributed by atoms with Gasteiger partial charge in [0.2, 0.25) is 0 Å². The number of fused-ring (bicyclic) bond motifs is 1. The Hall–Kier alpha value is -3.49. The van der Waals surface area contributed by atoms with Crippen molar-refractivity contribution in [2.75, 3.05) is 31.2 Å². The topological polar surface area (TPSA) is 123 Å². The van der Waals surface area contributed by atoms with E-state index in [1.165, 1.54) is 22.7 Å². The lowest BCUT2D eigenvalue weighted by Gasteiger charge is -2.41. The van der Waals surface area contributed by atoms with Crippen LogP contribution in [0.25, 0.3) is 10.9 Å². The fraction of sp³-hybridized carbons (Fsp3) is 0.321. The Bertz CT molecular complexity index is 1630. The Balaban J connectivity index is 1.19. The molecule has 1 atom stereocenters. The van der Waals surface area contributed by atoms with E-state index < -0.39 is 0 Å². The van der Waals surface area contributed by atoms with Gasteiger partial charge in [0.1, 0.15) is 10.8 Å². The summed E-state index contributed by atoms with van der Waals surface area (Å²) in [5, 5.41) is 10.5. The van der Waals surface area contributed by atoms with Crippen molar-refractivity contribution in [3.63, 3.8) is 0 Å². The van der Waals surface area contributed by atoms with Crippen LogP contribution in [0.5, 0.6) is 0 Å². The zero-order valence-electron chi connectivity index (χ0n) is 21.1. The predicted octanol–water partition coefficient (Wildman–Crippen LogP) is 3.86. The van der Waals surface area contributed by atoms with Gasteiger partial charge in [-0.05, 0) is 42.7 Å². The van der Waals surface area contributed by atoms with Crippen molar-refractivity contribution >= 4 is 40.1 Å². The largest absolute Gasteiger partial charge is 0.379 e. The van der Waals surface area contributed by atoms with E-state index in [0.29, 0.717) is 38.0 Å². The average molecular weight is 560 g/mol. The molecule has 2 N–H and O–H groups in total. The van der Waals surface area contributed by atoms with Gasteiger partial charge in [0, 0.05) is 29.4 Å². The molecule has 4 aromatic rings. The van der Waals surface area contributed by atoms with Gasteiger partial charge in [-0.1, -0.05) is 35.5 Å². The van der Waals surface area contributed by atoms with Crippen LogP contribution in [0.15, 0.2) is 69.8 Å². The summed E-state index contributed by atoms with van der Waals surface area (Å²) in [4.78, 5) is 30.0. The highest BCUT2D eigenvalue weighted by Gasteiger charge is 2.44. The molecule has 1 spiro atoms. The first kappa shape index (κ1) is 25.8. The molecule has 0 amide bonds. The van der Waals surface area contributed by atoms with Crippen molar-refractivity contribution < 1.29 is 4.74 Å². The SMILES string of the molecule is N#Cc1cccc(Cn2cnc3ccc(Sc4cnc(N5CCC6(CC5)COC[C@H]6N)cn4)c(Cl)c3c2=O)c1. The van der Waals surface area contributed by atoms with Gasteiger partial charge in [-0.15, -0.1) is 0 Å². The molecule has 0 bridgehead atoms. The van der Waals surface area contributed by atoms with Gasteiger partial charge in [0.25, 0.3) is 5.56 Å². The molecular formula is C28H26ClN7O2S. The Morgan fingerprint density at radius 3 is 2.74 bits per heavy atom. The van der Waals surface area contributed by atoms with Crippen molar-refractivity contribution in [2.24, 2.45) is 11.1 Å². The van der Waals surface area contributed by atoms with E-state index >= 15 is 0 Å². The van der Waals surface area contributed by atoms with Crippen LogP contribution in [0.1, 0.15) is 24.0 Å². The molecule has 198 valence electrons. The second kappa shape index (κ2) is 10.6. The highest BCUT2D eigenvalue weighted by molar-refractivity contribution is 7.99. The number of nitrogens with zero attached hydrogens (tertiary/aromatic N) is 6. The number of ether oxygens (including phenoxy) is 1. The number of nitrogens with two attached hydrogens (primary N) is 1. The molecule has 39 heavy (non-hydrogen) atoms. The van der Waals surface area contributed by atoms with E-state index in [1.807, 2.05) is 12.1 Å². The van der Waals surface area contributed by atoms with E-state index in [-0.39, 0.29) is 23.6 Å². The van der Waals surface area contributed by atoms with Gasteiger partial charge in [0.15, 0.2) is 0 Å². The first-order valence-corrected chi connectivity index (χ1v) is 13.9. The Kier molecular flexibility index (Phi) is 6.99. The summed E-state index contributed by atoms with van der Waals surface area (Å²) in [6.07, 6.45) is 6.99. The van der Waals surface area contributed by atoms with Gasteiger partial charge < -0.3 is 15.4 Å². The summed E-state index contributed by atoms with van der Waals surface area (Å²) in [6.45, 7) is 3.41. The molecule has 2 aliphatic rings. The third kappa shape index (κ3) is 4.99. The molecule has 2 aromatic carbocycles. The standard InChI is InChI=1S/C28H26ClN7O2S/c29-26-21(5-4-20-25(26)27(37)36(17-34-20)14-19-3-1-2-18(10-19)11-30)39-24-13-32-23(12-33-24)35-8-6-28(7-9-35)16-38-15-22(28)31/h1-5,10,12-13,17,22H,6-9,14-16,31H2/t22-/m1/s1. The van der Waals surface area contributed by atoms with Gasteiger partial charge in [-0.2, -0.15) is 5.26 Å². The Labute approximate surface area is 234 Å². The number of nitriles is 1. The normalized spacial score (nSPS) is 18.5. The van der Waals surface area contributed by atoms with Crippen LogP contribution in [0, 0.1) is 16.7 Å². The van der Waals surface area contributed by atoms with Gasteiger partial charge in [-0.3, -0.25) is 9.36 Å². The molecule has 9 nitrogen and oxygen atoms in total. The monoisotopic (exact) mass is 559 g/mol. The molecule has 11 heteroatoms. The van der Waals surface area contributed by atoms with Crippen LogP contribution in [-0.2, 0) is 11.3 Å². The smallest absolute Gasteiger partial charge is 0.263 e. The van der Waals surface area contributed by atoms with Crippen molar-refractivity contribution in [1.82, 2.24) is 19.5 Å². The lowest BCUT2D eigenvalue weighted by Crippen LogP contribution is -2.49. The summed E-state index contributed by atoms with van der Waals surface area (Å²) < 4.78 is 7.13. The van der Waals surface area contributed by atoms with E-state index in [9.17, 15) is 10.1 Å². The minimum absolute atomic E-state index is 0.0840. The maximum Gasteiger partial charge on any atom is 0.263 e. The summed E-state index contributed by atoms with van der Waals surface area (Å²) in [5.41, 5.74) is 8.04. The second-order valence-corrected chi connectivity index (χ2v) is 11.5. The predicted molar refractivity (Wildman–Crippen MR) is 150 cm³/mol. The number of anilines is 1. The maximum atomic E-state index is 13.4. The Morgan fingerprint density at radius 2 is 2.03 bits per heavy atom. The van der Waals surface area contributed by atoms with E-state index in [1.54, 1.807) is 36.7 Å². The van der Waals surface area contributed by atoms with Gasteiger partial charge in [0.05, 0.1) is 66.0 Å². The molecule has 2 saturated heterocycles. The molecule has 0 saturated carbocycles. The first-order chi connectivity index (χ1) is 19.0. The molecule has 2 fully saturated rings. The Morgan fingerprint density at radius 1 is 1.18 bits per heavy atom. The van der Waals surface area contributed by atoms with Gasteiger partial charge in [-0.25, -0.2) is 15.0 Å². The molecule has 2 aromatic heterocycles. The number of halogens is 1. The molecule has 0 radical (unpaired) electrons. The number of piperidine rings is 1. The number of rotatable bonds is 5. The summed E-state index contributed by atoms with van der Waals surface area (Å²) >= 11 is 8.10. The molecule has 2 aliphatic heterocycles. The fourth-order valence-corrected chi connectivity index (χ4v) is 6.44. The van der Waals surface area contributed by atoms with Crippen molar-refractivity contribution in [2.45, 2.75) is 35.3 Å². The van der Waals surface area contributed by atoms with Gasteiger partial charge >= 0.3 is 0 Å². The summed E-state index contributed by atoms with van der Waals surface area (Å²) in [7, 11) is 0. The van der Waals surface area contributed by atoms with E-state index in [2.05, 4.69) is 25.9 Å². The van der Waals surface area contributed by atoms with Crippen LogP contribution < -0.4 is 16.2 Å². The second-order valence-electron chi connectivity index (χ2n) is 10.0. The lowest BCUT2D eigenvalue weighted by atomic mass is 9.75. The van der Waals surface area contributed by atoms with Crippen molar-refractivity contribution in [3.05, 3.63) is 81.6 Å².